The fraction of sp³-hybridized carbons (Fsp3) is 0.538. The van der Waals surface area contributed by atoms with Crippen molar-refractivity contribution in [3.05, 3.63) is 23.9 Å². The maximum Gasteiger partial charge on any atom is 0.251 e. The molecule has 0 unspecified atom stereocenters. The van der Waals surface area contributed by atoms with Gasteiger partial charge in [-0.15, -0.1) is 0 Å². The van der Waals surface area contributed by atoms with Crippen molar-refractivity contribution in [2.45, 2.75) is 26.7 Å². The molecule has 0 atom stereocenters. The number of nitrogen functional groups attached to an aromatic ring is 1. The van der Waals surface area contributed by atoms with Gasteiger partial charge in [0.2, 0.25) is 0 Å². The van der Waals surface area contributed by atoms with Crippen molar-refractivity contribution in [3.63, 3.8) is 0 Å². The minimum Gasteiger partial charge on any atom is -0.384 e. The Morgan fingerprint density at radius 1 is 1.59 bits per heavy atom. The summed E-state index contributed by atoms with van der Waals surface area (Å²) in [5, 5.41) is 2.99. The van der Waals surface area contributed by atoms with E-state index in [1.807, 2.05) is 0 Å². The van der Waals surface area contributed by atoms with Crippen molar-refractivity contribution in [1.82, 2.24) is 10.3 Å². The molecule has 0 spiro atoms. The molecule has 0 radical (unpaired) electrons. The van der Waals surface area contributed by atoms with Crippen molar-refractivity contribution < 1.29 is 4.79 Å². The van der Waals surface area contributed by atoms with Gasteiger partial charge >= 0.3 is 0 Å². The summed E-state index contributed by atoms with van der Waals surface area (Å²) in [6, 6.07) is 3.28. The normalized spacial score (nSPS) is 16.9. The lowest BCUT2D eigenvalue weighted by atomic mass is 9.92. The van der Waals surface area contributed by atoms with Gasteiger partial charge in [0.1, 0.15) is 5.82 Å². The Bertz CT molecular complexity index is 424. The van der Waals surface area contributed by atoms with Gasteiger partial charge in [0.25, 0.3) is 5.91 Å². The second-order valence-electron chi connectivity index (χ2n) is 5.17. The molecule has 1 aromatic rings. The molecule has 92 valence electrons. The zero-order valence-electron chi connectivity index (χ0n) is 10.4. The topological polar surface area (TPSA) is 68.0 Å². The average Bonchev–Trinajstić information content (AvgIpc) is 3.07. The maximum atomic E-state index is 11.9. The van der Waals surface area contributed by atoms with E-state index in [2.05, 4.69) is 24.1 Å². The van der Waals surface area contributed by atoms with Gasteiger partial charge in [0, 0.05) is 18.3 Å². The van der Waals surface area contributed by atoms with Crippen LogP contribution in [0.5, 0.6) is 0 Å². The van der Waals surface area contributed by atoms with E-state index < -0.39 is 0 Å². The molecule has 1 aromatic heterocycles. The quantitative estimate of drug-likeness (QED) is 0.833. The number of hydrogen-bond acceptors (Lipinski definition) is 3. The van der Waals surface area contributed by atoms with Gasteiger partial charge in [0.15, 0.2) is 0 Å². The molecule has 0 saturated heterocycles. The van der Waals surface area contributed by atoms with E-state index in [9.17, 15) is 4.79 Å². The number of rotatable bonds is 4. The van der Waals surface area contributed by atoms with Crippen LogP contribution in [-0.2, 0) is 0 Å². The van der Waals surface area contributed by atoms with E-state index in [4.69, 9.17) is 5.73 Å². The smallest absolute Gasteiger partial charge is 0.251 e. The fourth-order valence-corrected chi connectivity index (χ4v) is 2.07. The van der Waals surface area contributed by atoms with Crippen molar-refractivity contribution in [2.24, 2.45) is 11.3 Å². The van der Waals surface area contributed by atoms with Crippen molar-refractivity contribution in [1.29, 1.82) is 0 Å². The largest absolute Gasteiger partial charge is 0.384 e. The molecule has 1 aliphatic carbocycles. The van der Waals surface area contributed by atoms with Gasteiger partial charge in [-0.2, -0.15) is 0 Å². The predicted molar refractivity (Wildman–Crippen MR) is 67.5 cm³/mol. The highest BCUT2D eigenvalue weighted by atomic mass is 16.1. The Morgan fingerprint density at radius 3 is 2.82 bits per heavy atom. The SMILES string of the molecule is CC(C)C1(CNC(=O)c2ccnc(N)c2)CC1. The lowest BCUT2D eigenvalue weighted by Gasteiger charge is -2.19. The summed E-state index contributed by atoms with van der Waals surface area (Å²) < 4.78 is 0. The Morgan fingerprint density at radius 2 is 2.29 bits per heavy atom. The highest BCUT2D eigenvalue weighted by Crippen LogP contribution is 2.51. The van der Waals surface area contributed by atoms with E-state index in [1.54, 1.807) is 18.3 Å². The molecular formula is C13H19N3O. The number of amides is 1. The molecule has 0 aromatic carbocycles. The minimum atomic E-state index is -0.0639. The molecule has 1 saturated carbocycles. The molecule has 1 amide bonds. The molecule has 2 rings (SSSR count). The third kappa shape index (κ3) is 2.57. The molecule has 3 N–H and O–H groups in total. The first-order valence-electron chi connectivity index (χ1n) is 6.03. The summed E-state index contributed by atoms with van der Waals surface area (Å²) in [4.78, 5) is 15.8. The van der Waals surface area contributed by atoms with E-state index in [1.165, 1.54) is 12.8 Å². The number of hydrogen-bond donors (Lipinski definition) is 2. The van der Waals surface area contributed by atoms with Crippen molar-refractivity contribution in [3.8, 4) is 0 Å². The maximum absolute atomic E-state index is 11.9. The Balaban J connectivity index is 1.94. The highest BCUT2D eigenvalue weighted by Gasteiger charge is 2.45. The monoisotopic (exact) mass is 233 g/mol. The van der Waals surface area contributed by atoms with Crippen molar-refractivity contribution >= 4 is 11.7 Å². The molecule has 1 aliphatic rings. The molecule has 1 heterocycles. The predicted octanol–water partition coefficient (Wildman–Crippen LogP) is 1.83. The second kappa shape index (κ2) is 4.35. The van der Waals surface area contributed by atoms with Gasteiger partial charge < -0.3 is 11.1 Å². The standard InChI is InChI=1S/C13H19N3O/c1-9(2)13(4-5-13)8-16-12(17)10-3-6-15-11(14)7-10/h3,6-7,9H,4-5,8H2,1-2H3,(H2,14,15)(H,16,17). The van der Waals surface area contributed by atoms with Gasteiger partial charge in [-0.05, 0) is 36.3 Å². The van der Waals surface area contributed by atoms with E-state index in [-0.39, 0.29) is 5.91 Å². The van der Waals surface area contributed by atoms with Gasteiger partial charge in [0.05, 0.1) is 0 Å². The minimum absolute atomic E-state index is 0.0639. The lowest BCUT2D eigenvalue weighted by molar-refractivity contribution is 0.0939. The van der Waals surface area contributed by atoms with Crippen LogP contribution in [-0.4, -0.2) is 17.4 Å². The second-order valence-corrected chi connectivity index (χ2v) is 5.17. The summed E-state index contributed by atoms with van der Waals surface area (Å²) in [5.74, 6) is 0.930. The van der Waals surface area contributed by atoms with Gasteiger partial charge in [-0.1, -0.05) is 13.8 Å². The summed E-state index contributed by atoms with van der Waals surface area (Å²) >= 11 is 0. The summed E-state index contributed by atoms with van der Waals surface area (Å²) in [7, 11) is 0. The van der Waals surface area contributed by atoms with Crippen LogP contribution in [0.1, 0.15) is 37.0 Å². The number of aromatic nitrogens is 1. The van der Waals surface area contributed by atoms with E-state index >= 15 is 0 Å². The molecule has 17 heavy (non-hydrogen) atoms. The third-order valence-electron chi connectivity index (χ3n) is 3.76. The van der Waals surface area contributed by atoms with Crippen LogP contribution >= 0.6 is 0 Å². The summed E-state index contributed by atoms with van der Waals surface area (Å²) in [5.41, 5.74) is 6.46. The van der Waals surface area contributed by atoms with Crippen LogP contribution in [0.4, 0.5) is 5.82 Å². The first-order valence-corrected chi connectivity index (χ1v) is 6.03. The fourth-order valence-electron chi connectivity index (χ4n) is 2.07. The summed E-state index contributed by atoms with van der Waals surface area (Å²) in [6.45, 7) is 5.18. The van der Waals surface area contributed by atoms with Crippen LogP contribution < -0.4 is 11.1 Å². The number of nitrogens with one attached hydrogen (secondary N) is 1. The zero-order valence-corrected chi connectivity index (χ0v) is 10.4. The number of carbonyl (C=O) groups excluding carboxylic acids is 1. The average molecular weight is 233 g/mol. The number of nitrogens with two attached hydrogens (primary N) is 1. The molecule has 4 heteroatoms. The van der Waals surface area contributed by atoms with Gasteiger partial charge in [-0.3, -0.25) is 4.79 Å². The first-order chi connectivity index (χ1) is 8.03. The van der Waals surface area contributed by atoms with Crippen molar-refractivity contribution in [2.75, 3.05) is 12.3 Å². The van der Waals surface area contributed by atoms with Crippen LogP contribution in [0.3, 0.4) is 0 Å². The van der Waals surface area contributed by atoms with Crippen LogP contribution in [0.25, 0.3) is 0 Å². The number of pyridine rings is 1. The number of carbonyl (C=O) groups is 1. The Kier molecular flexibility index (Phi) is 3.05. The van der Waals surface area contributed by atoms with E-state index in [0.717, 1.165) is 6.54 Å². The molecule has 1 fully saturated rings. The Hall–Kier alpha value is -1.58. The summed E-state index contributed by atoms with van der Waals surface area (Å²) in [6.07, 6.45) is 3.98. The first kappa shape index (κ1) is 11.9. The molecule has 4 nitrogen and oxygen atoms in total. The molecular weight excluding hydrogens is 214 g/mol. The van der Waals surface area contributed by atoms with E-state index in [0.29, 0.717) is 22.7 Å². The Labute approximate surface area is 102 Å². The van der Waals surface area contributed by atoms with Gasteiger partial charge in [-0.25, -0.2) is 4.98 Å². The number of nitrogens with zero attached hydrogens (tertiary/aromatic N) is 1. The van der Waals surface area contributed by atoms with Crippen LogP contribution in [0, 0.1) is 11.3 Å². The molecule has 0 aliphatic heterocycles. The van der Waals surface area contributed by atoms with Crippen LogP contribution in [0.2, 0.25) is 0 Å². The zero-order chi connectivity index (χ0) is 12.5. The molecule has 0 bridgehead atoms. The number of anilines is 1. The highest BCUT2D eigenvalue weighted by molar-refractivity contribution is 5.94. The third-order valence-corrected chi connectivity index (χ3v) is 3.76. The lowest BCUT2D eigenvalue weighted by Crippen LogP contribution is -2.32. The van der Waals surface area contributed by atoms with Crippen LogP contribution in [0.15, 0.2) is 18.3 Å².